The fourth-order valence-electron chi connectivity index (χ4n) is 3.61. The molecule has 32 heavy (non-hydrogen) atoms. The molecule has 5 aromatic rings. The van der Waals surface area contributed by atoms with E-state index in [0.717, 1.165) is 5.69 Å². The lowest BCUT2D eigenvalue weighted by molar-refractivity contribution is 0.540. The van der Waals surface area contributed by atoms with Crippen LogP contribution in [0.5, 0.6) is 0 Å². The molecule has 5 rings (SSSR count). The molecule has 9 nitrogen and oxygen atoms in total. The molecular formula is C22H16FN9. The predicted octanol–water partition coefficient (Wildman–Crippen LogP) is 2.93. The topological polar surface area (TPSA) is 124 Å². The first-order valence-electron chi connectivity index (χ1n) is 9.68. The van der Waals surface area contributed by atoms with Crippen molar-refractivity contribution in [1.29, 1.82) is 5.26 Å². The second-order valence-electron chi connectivity index (χ2n) is 7.08. The molecule has 0 saturated carbocycles. The highest BCUT2D eigenvalue weighted by Gasteiger charge is 2.23. The maximum atomic E-state index is 14.1. The van der Waals surface area contributed by atoms with Gasteiger partial charge in [-0.3, -0.25) is 9.67 Å². The fraction of sp³-hybridized carbons (Fsp3) is 0.0909. The molecule has 10 heteroatoms. The van der Waals surface area contributed by atoms with E-state index in [2.05, 4.69) is 31.3 Å². The van der Waals surface area contributed by atoms with Gasteiger partial charge < -0.3 is 5.73 Å². The van der Waals surface area contributed by atoms with Crippen molar-refractivity contribution in [1.82, 2.24) is 34.7 Å². The van der Waals surface area contributed by atoms with E-state index in [0.29, 0.717) is 33.4 Å². The monoisotopic (exact) mass is 425 g/mol. The van der Waals surface area contributed by atoms with Crippen molar-refractivity contribution in [2.75, 3.05) is 5.73 Å². The summed E-state index contributed by atoms with van der Waals surface area (Å²) >= 11 is 0. The summed E-state index contributed by atoms with van der Waals surface area (Å²) in [5.74, 6) is -0.295. The third kappa shape index (κ3) is 3.13. The zero-order valence-corrected chi connectivity index (χ0v) is 16.9. The van der Waals surface area contributed by atoms with E-state index in [-0.39, 0.29) is 18.1 Å². The number of nitrogen functional groups attached to an aromatic ring is 1. The second kappa shape index (κ2) is 7.55. The number of fused-ring (bicyclic) bond motifs is 1. The number of nitriles is 1. The number of pyridine rings is 2. The van der Waals surface area contributed by atoms with E-state index in [1.807, 2.05) is 12.1 Å². The molecule has 0 unspecified atom stereocenters. The quantitative estimate of drug-likeness (QED) is 0.469. The largest absolute Gasteiger partial charge is 0.382 e. The number of rotatable bonds is 4. The Morgan fingerprint density at radius 3 is 2.62 bits per heavy atom. The zero-order valence-electron chi connectivity index (χ0n) is 16.9. The zero-order chi connectivity index (χ0) is 22.2. The van der Waals surface area contributed by atoms with Gasteiger partial charge in [-0.1, -0.05) is 18.2 Å². The summed E-state index contributed by atoms with van der Waals surface area (Å²) in [6, 6.07) is 14.0. The Morgan fingerprint density at radius 1 is 1.06 bits per heavy atom. The number of benzene rings is 1. The van der Waals surface area contributed by atoms with Crippen LogP contribution < -0.4 is 5.73 Å². The van der Waals surface area contributed by atoms with Crippen LogP contribution in [0.2, 0.25) is 0 Å². The van der Waals surface area contributed by atoms with Crippen molar-refractivity contribution in [2.24, 2.45) is 7.05 Å². The van der Waals surface area contributed by atoms with Crippen molar-refractivity contribution >= 4 is 16.9 Å². The SMILES string of the molecule is Cn1nccc1-c1c(-c2ccccc2C#N)nc(N)c2nn(Cc3ncccc3F)nc12. The average molecular weight is 425 g/mol. The molecule has 2 N–H and O–H groups in total. The van der Waals surface area contributed by atoms with Crippen LogP contribution in [-0.2, 0) is 13.6 Å². The lowest BCUT2D eigenvalue weighted by Gasteiger charge is -2.12. The second-order valence-corrected chi connectivity index (χ2v) is 7.08. The Morgan fingerprint density at radius 2 is 1.88 bits per heavy atom. The number of nitrogens with two attached hydrogens (primary N) is 1. The van der Waals surface area contributed by atoms with Gasteiger partial charge in [0.15, 0.2) is 11.3 Å². The van der Waals surface area contributed by atoms with Gasteiger partial charge in [0.1, 0.15) is 17.9 Å². The van der Waals surface area contributed by atoms with E-state index in [1.54, 1.807) is 36.1 Å². The van der Waals surface area contributed by atoms with Gasteiger partial charge in [-0.05, 0) is 24.3 Å². The average Bonchev–Trinajstić information content (AvgIpc) is 3.42. The summed E-state index contributed by atoms with van der Waals surface area (Å²) < 4.78 is 15.8. The van der Waals surface area contributed by atoms with Gasteiger partial charge in [0.05, 0.1) is 34.3 Å². The van der Waals surface area contributed by atoms with Crippen molar-refractivity contribution in [2.45, 2.75) is 6.54 Å². The maximum absolute atomic E-state index is 14.1. The summed E-state index contributed by atoms with van der Waals surface area (Å²) in [5, 5.41) is 22.9. The highest BCUT2D eigenvalue weighted by Crippen LogP contribution is 2.38. The number of aromatic nitrogens is 7. The standard InChI is InChI=1S/C22H16FN9/c1-31-17(8-10-27-31)18-19(14-6-3-2-5-13(14)11-24)28-22(25)21-20(18)29-32(30-21)12-16-15(23)7-4-9-26-16/h2-10H,12H2,1H3,(H2,25,28). The molecule has 0 aliphatic carbocycles. The lowest BCUT2D eigenvalue weighted by atomic mass is 9.98. The van der Waals surface area contributed by atoms with E-state index < -0.39 is 5.82 Å². The molecule has 0 aliphatic heterocycles. The molecule has 0 amide bonds. The third-order valence-corrected chi connectivity index (χ3v) is 5.11. The van der Waals surface area contributed by atoms with Crippen molar-refractivity contribution in [3.8, 4) is 28.6 Å². The van der Waals surface area contributed by atoms with Crippen LogP contribution in [0.15, 0.2) is 54.9 Å². The van der Waals surface area contributed by atoms with Gasteiger partial charge in [0.2, 0.25) is 0 Å². The highest BCUT2D eigenvalue weighted by molar-refractivity contribution is 6.02. The van der Waals surface area contributed by atoms with Gasteiger partial charge in [-0.15, -0.1) is 5.10 Å². The minimum absolute atomic E-state index is 0.0235. The number of anilines is 1. The number of aryl methyl sites for hydroxylation is 1. The molecular weight excluding hydrogens is 409 g/mol. The first-order valence-corrected chi connectivity index (χ1v) is 9.68. The lowest BCUT2D eigenvalue weighted by Crippen LogP contribution is -2.07. The van der Waals surface area contributed by atoms with Gasteiger partial charge >= 0.3 is 0 Å². The van der Waals surface area contributed by atoms with E-state index >= 15 is 0 Å². The highest BCUT2D eigenvalue weighted by atomic mass is 19.1. The van der Waals surface area contributed by atoms with Gasteiger partial charge in [0.25, 0.3) is 0 Å². The van der Waals surface area contributed by atoms with Crippen LogP contribution in [0.3, 0.4) is 0 Å². The van der Waals surface area contributed by atoms with Crippen LogP contribution in [0.4, 0.5) is 10.2 Å². The smallest absolute Gasteiger partial charge is 0.156 e. The third-order valence-electron chi connectivity index (χ3n) is 5.11. The first kappa shape index (κ1) is 19.3. The fourth-order valence-corrected chi connectivity index (χ4v) is 3.61. The molecule has 0 fully saturated rings. The maximum Gasteiger partial charge on any atom is 0.156 e. The Hall–Kier alpha value is -4.65. The molecule has 0 atom stereocenters. The molecule has 0 bridgehead atoms. The summed E-state index contributed by atoms with van der Waals surface area (Å²) in [7, 11) is 1.80. The van der Waals surface area contributed by atoms with Crippen LogP contribution in [-0.4, -0.2) is 34.7 Å². The Bertz CT molecular complexity index is 1510. The van der Waals surface area contributed by atoms with Gasteiger partial charge in [-0.25, -0.2) is 9.37 Å². The van der Waals surface area contributed by atoms with Gasteiger partial charge in [0, 0.05) is 25.0 Å². The minimum Gasteiger partial charge on any atom is -0.382 e. The van der Waals surface area contributed by atoms with Crippen LogP contribution in [0.1, 0.15) is 11.3 Å². The molecule has 0 radical (unpaired) electrons. The molecule has 156 valence electrons. The summed E-state index contributed by atoms with van der Waals surface area (Å²) in [5.41, 5.74) is 10.2. The molecule has 0 aliphatic rings. The molecule has 0 saturated heterocycles. The molecule has 4 aromatic heterocycles. The van der Waals surface area contributed by atoms with E-state index in [9.17, 15) is 9.65 Å². The minimum atomic E-state index is -0.449. The van der Waals surface area contributed by atoms with Gasteiger partial charge in [-0.2, -0.15) is 20.3 Å². The number of halogens is 1. The number of hydrogen-bond donors (Lipinski definition) is 1. The van der Waals surface area contributed by atoms with Crippen LogP contribution >= 0.6 is 0 Å². The number of hydrogen-bond acceptors (Lipinski definition) is 7. The number of nitrogens with zero attached hydrogens (tertiary/aromatic N) is 8. The Balaban J connectivity index is 1.79. The summed E-state index contributed by atoms with van der Waals surface area (Å²) in [4.78, 5) is 10.0. The van der Waals surface area contributed by atoms with Crippen molar-refractivity contribution < 1.29 is 4.39 Å². The molecule has 1 aromatic carbocycles. The predicted molar refractivity (Wildman–Crippen MR) is 115 cm³/mol. The van der Waals surface area contributed by atoms with Crippen LogP contribution in [0, 0.1) is 17.1 Å². The Labute approximate surface area is 181 Å². The van der Waals surface area contributed by atoms with E-state index in [1.165, 1.54) is 23.1 Å². The van der Waals surface area contributed by atoms with Crippen LogP contribution in [0.25, 0.3) is 33.5 Å². The van der Waals surface area contributed by atoms with E-state index in [4.69, 9.17) is 5.73 Å². The summed E-state index contributed by atoms with van der Waals surface area (Å²) in [6.45, 7) is 0.0235. The van der Waals surface area contributed by atoms with Crippen molar-refractivity contribution in [3.05, 3.63) is 71.9 Å². The Kier molecular flexibility index (Phi) is 4.56. The normalized spacial score (nSPS) is 11.0. The van der Waals surface area contributed by atoms with Crippen molar-refractivity contribution in [3.63, 3.8) is 0 Å². The summed E-state index contributed by atoms with van der Waals surface area (Å²) in [6.07, 6.45) is 3.17. The first-order chi connectivity index (χ1) is 15.6. The molecule has 0 spiro atoms. The molecule has 4 heterocycles.